The van der Waals surface area contributed by atoms with Crippen molar-refractivity contribution in [1.29, 1.82) is 0 Å². The molecule has 0 radical (unpaired) electrons. The zero-order chi connectivity index (χ0) is 21.1. The predicted molar refractivity (Wildman–Crippen MR) is 116 cm³/mol. The SMILES string of the molecule is CCOC(=O)Nc1ncc(N2CN(c3ccc(OC)cc3)C(=O)c3ccccc32)s1. The van der Waals surface area contributed by atoms with Crippen LogP contribution in [-0.4, -0.2) is 37.4 Å². The molecule has 3 aromatic rings. The van der Waals surface area contributed by atoms with Crippen molar-refractivity contribution in [2.45, 2.75) is 6.92 Å². The number of methoxy groups -OCH3 is 1. The van der Waals surface area contributed by atoms with Crippen LogP contribution in [0, 0.1) is 0 Å². The summed E-state index contributed by atoms with van der Waals surface area (Å²) in [5, 5.41) is 3.83. The van der Waals surface area contributed by atoms with Crippen molar-refractivity contribution >= 4 is 44.8 Å². The van der Waals surface area contributed by atoms with E-state index in [1.807, 2.05) is 47.4 Å². The van der Waals surface area contributed by atoms with E-state index in [0.717, 1.165) is 22.1 Å². The van der Waals surface area contributed by atoms with E-state index in [9.17, 15) is 9.59 Å². The number of hydrogen-bond acceptors (Lipinski definition) is 7. The van der Waals surface area contributed by atoms with Gasteiger partial charge in [0.2, 0.25) is 0 Å². The van der Waals surface area contributed by atoms with Crippen molar-refractivity contribution in [3.05, 3.63) is 60.3 Å². The van der Waals surface area contributed by atoms with Gasteiger partial charge in [-0.2, -0.15) is 0 Å². The maximum Gasteiger partial charge on any atom is 0.413 e. The van der Waals surface area contributed by atoms with E-state index in [4.69, 9.17) is 9.47 Å². The first-order valence-electron chi connectivity index (χ1n) is 9.32. The second kappa shape index (κ2) is 8.42. The maximum atomic E-state index is 13.2. The summed E-state index contributed by atoms with van der Waals surface area (Å²) in [7, 11) is 1.60. The summed E-state index contributed by atoms with van der Waals surface area (Å²) in [6, 6.07) is 14.8. The van der Waals surface area contributed by atoms with Gasteiger partial charge in [0.25, 0.3) is 5.91 Å². The van der Waals surface area contributed by atoms with Crippen LogP contribution in [0.2, 0.25) is 0 Å². The molecular formula is C21H20N4O4S. The number of nitrogens with one attached hydrogen (secondary N) is 1. The molecule has 2 amide bonds. The first-order chi connectivity index (χ1) is 14.6. The third-order valence-corrected chi connectivity index (χ3v) is 5.52. The Bertz CT molecular complexity index is 1070. The van der Waals surface area contributed by atoms with Crippen LogP contribution in [0.4, 0.5) is 26.3 Å². The molecule has 0 aliphatic carbocycles. The highest BCUT2D eigenvalue weighted by molar-refractivity contribution is 7.19. The average molecular weight is 424 g/mol. The van der Waals surface area contributed by atoms with Crippen molar-refractivity contribution in [3.63, 3.8) is 0 Å². The molecule has 0 unspecified atom stereocenters. The summed E-state index contributed by atoms with van der Waals surface area (Å²) in [4.78, 5) is 32.8. The fourth-order valence-corrected chi connectivity index (χ4v) is 3.98. The predicted octanol–water partition coefficient (Wildman–Crippen LogP) is 4.48. The van der Waals surface area contributed by atoms with Crippen LogP contribution < -0.4 is 19.9 Å². The van der Waals surface area contributed by atoms with Gasteiger partial charge in [-0.25, -0.2) is 9.78 Å². The quantitative estimate of drug-likeness (QED) is 0.650. The molecular weight excluding hydrogens is 404 g/mol. The van der Waals surface area contributed by atoms with Crippen LogP contribution in [0.25, 0.3) is 0 Å². The van der Waals surface area contributed by atoms with Gasteiger partial charge in [-0.3, -0.25) is 15.0 Å². The smallest absolute Gasteiger partial charge is 0.413 e. The molecule has 1 aliphatic rings. The molecule has 2 heterocycles. The number of para-hydroxylation sites is 1. The Morgan fingerprint density at radius 2 is 1.93 bits per heavy atom. The van der Waals surface area contributed by atoms with E-state index in [1.54, 1.807) is 31.2 Å². The summed E-state index contributed by atoms with van der Waals surface area (Å²) in [6.07, 6.45) is 1.12. The van der Waals surface area contributed by atoms with E-state index < -0.39 is 6.09 Å². The lowest BCUT2D eigenvalue weighted by Gasteiger charge is -2.37. The molecule has 9 heteroatoms. The van der Waals surface area contributed by atoms with E-state index >= 15 is 0 Å². The Labute approximate surface area is 177 Å². The van der Waals surface area contributed by atoms with Gasteiger partial charge in [0.1, 0.15) is 17.4 Å². The van der Waals surface area contributed by atoms with Crippen LogP contribution in [0.3, 0.4) is 0 Å². The number of rotatable bonds is 5. The number of ether oxygens (including phenoxy) is 2. The van der Waals surface area contributed by atoms with Crippen LogP contribution >= 0.6 is 11.3 Å². The van der Waals surface area contributed by atoms with Crippen LogP contribution in [-0.2, 0) is 4.74 Å². The second-order valence-corrected chi connectivity index (χ2v) is 7.38. The van der Waals surface area contributed by atoms with Crippen molar-refractivity contribution in [2.75, 3.05) is 35.5 Å². The Kier molecular flexibility index (Phi) is 5.53. The van der Waals surface area contributed by atoms with Gasteiger partial charge in [0.15, 0.2) is 5.13 Å². The first kappa shape index (κ1) is 19.7. The average Bonchev–Trinajstić information content (AvgIpc) is 3.22. The number of nitrogens with zero attached hydrogens (tertiary/aromatic N) is 3. The largest absolute Gasteiger partial charge is 0.497 e. The molecule has 0 spiro atoms. The minimum absolute atomic E-state index is 0.0820. The molecule has 1 N–H and O–H groups in total. The van der Waals surface area contributed by atoms with E-state index in [-0.39, 0.29) is 12.5 Å². The fourth-order valence-electron chi connectivity index (χ4n) is 3.17. The second-order valence-electron chi connectivity index (χ2n) is 6.37. The number of carbonyl (C=O) groups is 2. The molecule has 1 aromatic heterocycles. The van der Waals surface area contributed by atoms with Gasteiger partial charge < -0.3 is 14.4 Å². The molecule has 8 nitrogen and oxygen atoms in total. The minimum atomic E-state index is -0.549. The van der Waals surface area contributed by atoms with Gasteiger partial charge in [0.05, 0.1) is 31.2 Å². The summed E-state index contributed by atoms with van der Waals surface area (Å²) < 4.78 is 10.1. The first-order valence-corrected chi connectivity index (χ1v) is 10.1. The monoisotopic (exact) mass is 424 g/mol. The van der Waals surface area contributed by atoms with Gasteiger partial charge in [-0.15, -0.1) is 0 Å². The molecule has 1 aliphatic heterocycles. The highest BCUT2D eigenvalue weighted by Gasteiger charge is 2.31. The Balaban J connectivity index is 1.67. The van der Waals surface area contributed by atoms with Crippen LogP contribution in [0.5, 0.6) is 5.75 Å². The molecule has 154 valence electrons. The molecule has 0 fully saturated rings. The van der Waals surface area contributed by atoms with Crippen LogP contribution in [0.1, 0.15) is 17.3 Å². The number of anilines is 4. The lowest BCUT2D eigenvalue weighted by Crippen LogP contribution is -2.44. The summed E-state index contributed by atoms with van der Waals surface area (Å²) in [6.45, 7) is 2.33. The highest BCUT2D eigenvalue weighted by Crippen LogP contribution is 2.39. The number of hydrogen-bond donors (Lipinski definition) is 1. The maximum absolute atomic E-state index is 13.2. The Hall–Kier alpha value is -3.59. The zero-order valence-corrected chi connectivity index (χ0v) is 17.3. The molecule has 4 rings (SSSR count). The topological polar surface area (TPSA) is 84.0 Å². The molecule has 0 atom stereocenters. The standard InChI is InChI=1S/C21H20N4O4S/c1-3-29-21(27)23-20-22-12-18(30-20)25-13-24(14-8-10-15(28-2)11-9-14)19(26)16-6-4-5-7-17(16)25/h4-12H,3,13H2,1-2H3,(H,22,23,27). The van der Waals surface area contributed by atoms with E-state index in [1.165, 1.54) is 11.3 Å². The number of aromatic nitrogens is 1. The van der Waals surface area contributed by atoms with Crippen molar-refractivity contribution in [3.8, 4) is 5.75 Å². The molecule has 0 bridgehead atoms. The van der Waals surface area contributed by atoms with Gasteiger partial charge >= 0.3 is 6.09 Å². The van der Waals surface area contributed by atoms with E-state index in [0.29, 0.717) is 17.4 Å². The molecule has 2 aromatic carbocycles. The number of thiazole rings is 1. The minimum Gasteiger partial charge on any atom is -0.497 e. The summed E-state index contributed by atoms with van der Waals surface area (Å²) in [5.74, 6) is 0.638. The van der Waals surface area contributed by atoms with Crippen molar-refractivity contribution in [2.24, 2.45) is 0 Å². The van der Waals surface area contributed by atoms with Gasteiger partial charge in [-0.05, 0) is 43.3 Å². The fraction of sp³-hybridized carbons (Fsp3) is 0.190. The van der Waals surface area contributed by atoms with Crippen molar-refractivity contribution in [1.82, 2.24) is 4.98 Å². The third kappa shape index (κ3) is 3.79. The highest BCUT2D eigenvalue weighted by atomic mass is 32.1. The van der Waals surface area contributed by atoms with E-state index in [2.05, 4.69) is 10.3 Å². The normalized spacial score (nSPS) is 13.1. The Morgan fingerprint density at radius 3 is 2.67 bits per heavy atom. The number of carbonyl (C=O) groups excluding carboxylic acids is 2. The van der Waals surface area contributed by atoms with Gasteiger partial charge in [-0.1, -0.05) is 23.5 Å². The number of benzene rings is 2. The number of amides is 2. The molecule has 0 saturated carbocycles. The lowest BCUT2D eigenvalue weighted by atomic mass is 10.1. The van der Waals surface area contributed by atoms with Gasteiger partial charge in [0, 0.05) is 5.69 Å². The van der Waals surface area contributed by atoms with Crippen molar-refractivity contribution < 1.29 is 19.1 Å². The summed E-state index contributed by atoms with van der Waals surface area (Å²) >= 11 is 1.31. The van der Waals surface area contributed by atoms with Crippen LogP contribution in [0.15, 0.2) is 54.7 Å². The zero-order valence-electron chi connectivity index (χ0n) is 16.5. The number of fused-ring (bicyclic) bond motifs is 1. The molecule has 0 saturated heterocycles. The lowest BCUT2D eigenvalue weighted by molar-refractivity contribution is 0.0983. The molecule has 30 heavy (non-hydrogen) atoms. The summed E-state index contributed by atoms with van der Waals surface area (Å²) in [5.41, 5.74) is 2.14. The third-order valence-electron chi connectivity index (χ3n) is 4.58. The Morgan fingerprint density at radius 1 is 1.17 bits per heavy atom.